The van der Waals surface area contributed by atoms with E-state index in [9.17, 15) is 0 Å². The lowest BCUT2D eigenvalue weighted by atomic mass is 9.94. The van der Waals surface area contributed by atoms with Gasteiger partial charge in [-0.15, -0.1) is 0 Å². The Labute approximate surface area is 237 Å². The summed E-state index contributed by atoms with van der Waals surface area (Å²) in [4.78, 5) is 0. The van der Waals surface area contributed by atoms with E-state index in [0.717, 1.165) is 17.1 Å². The zero-order valence-electron chi connectivity index (χ0n) is 25.2. The van der Waals surface area contributed by atoms with E-state index < -0.39 is 0 Å². The van der Waals surface area contributed by atoms with Gasteiger partial charge in [-0.2, -0.15) is 0 Å². The topological polar surface area (TPSA) is 9.23 Å². The van der Waals surface area contributed by atoms with Crippen molar-refractivity contribution in [3.05, 3.63) is 137 Å². The molecule has 1 heteroatoms. The highest BCUT2D eigenvalue weighted by atomic mass is 16.5. The van der Waals surface area contributed by atoms with Crippen molar-refractivity contribution in [2.75, 3.05) is 0 Å². The molecular formula is C38H46O. The molecule has 0 heterocycles. The molecule has 1 nitrogen and oxygen atoms in total. The van der Waals surface area contributed by atoms with Crippen LogP contribution in [0.1, 0.15) is 112 Å². The maximum Gasteiger partial charge on any atom is 0.127 e. The van der Waals surface area contributed by atoms with Crippen LogP contribution in [-0.4, -0.2) is 0 Å². The van der Waals surface area contributed by atoms with Crippen LogP contribution in [0.3, 0.4) is 0 Å². The molecule has 0 aliphatic carbocycles. The van der Waals surface area contributed by atoms with Crippen LogP contribution in [0.5, 0.6) is 11.5 Å². The van der Waals surface area contributed by atoms with E-state index >= 15 is 0 Å². The Kier molecular flexibility index (Phi) is 10.8. The maximum absolute atomic E-state index is 5.85. The summed E-state index contributed by atoms with van der Waals surface area (Å²) in [6.45, 7) is 21.9. The van der Waals surface area contributed by atoms with Crippen LogP contribution in [0.15, 0.2) is 104 Å². The molecule has 204 valence electrons. The Balaban J connectivity index is 0.000000216. The Morgan fingerprint density at radius 1 is 0.410 bits per heavy atom. The van der Waals surface area contributed by atoms with Crippen molar-refractivity contribution in [1.29, 1.82) is 0 Å². The Morgan fingerprint density at radius 2 is 0.641 bits per heavy atom. The first-order valence-corrected chi connectivity index (χ1v) is 14.3. The van der Waals surface area contributed by atoms with Crippen molar-refractivity contribution in [3.8, 4) is 11.5 Å². The second-order valence-electron chi connectivity index (χ2n) is 11.6. The summed E-state index contributed by atoms with van der Waals surface area (Å²) >= 11 is 0. The fraction of sp³-hybridized carbons (Fsp3) is 0.316. The lowest BCUT2D eigenvalue weighted by Crippen LogP contribution is -1.91. The van der Waals surface area contributed by atoms with Crippen molar-refractivity contribution in [2.24, 2.45) is 0 Å². The molecule has 0 unspecified atom stereocenters. The number of rotatable bonds is 8. The summed E-state index contributed by atoms with van der Waals surface area (Å²) in [5.74, 6) is 4.03. The zero-order valence-corrected chi connectivity index (χ0v) is 25.2. The van der Waals surface area contributed by atoms with Gasteiger partial charge in [0, 0.05) is 0 Å². The van der Waals surface area contributed by atoms with Gasteiger partial charge in [-0.25, -0.2) is 0 Å². The smallest absolute Gasteiger partial charge is 0.127 e. The van der Waals surface area contributed by atoms with Gasteiger partial charge in [-0.1, -0.05) is 135 Å². The summed E-state index contributed by atoms with van der Waals surface area (Å²) < 4.78 is 5.85. The minimum absolute atomic E-state index is 0.555. The molecule has 0 saturated heterocycles. The molecule has 0 aliphatic rings. The SMILES string of the molecule is C=C(c1ccc(C(C)C)cc1)c1ccc(C(C)C)cc1.CC(C)c1ccc(Oc2ccc(C(C)C)cc2)cc1. The van der Waals surface area contributed by atoms with Gasteiger partial charge in [-0.3, -0.25) is 0 Å². The summed E-state index contributed by atoms with van der Waals surface area (Å²) in [5, 5.41) is 0. The number of ether oxygens (including phenoxy) is 1. The molecule has 0 saturated carbocycles. The zero-order chi connectivity index (χ0) is 28.5. The molecule has 4 aromatic carbocycles. The summed E-state index contributed by atoms with van der Waals surface area (Å²) in [5.41, 5.74) is 8.91. The molecule has 39 heavy (non-hydrogen) atoms. The van der Waals surface area contributed by atoms with Gasteiger partial charge in [0.1, 0.15) is 11.5 Å². The van der Waals surface area contributed by atoms with Crippen LogP contribution < -0.4 is 4.74 Å². The minimum Gasteiger partial charge on any atom is -0.457 e. The molecule has 4 aromatic rings. The minimum atomic E-state index is 0.555. The molecule has 0 amide bonds. The predicted molar refractivity (Wildman–Crippen MR) is 170 cm³/mol. The van der Waals surface area contributed by atoms with E-state index in [1.165, 1.54) is 33.4 Å². The Morgan fingerprint density at radius 3 is 0.872 bits per heavy atom. The average Bonchev–Trinajstić information content (AvgIpc) is 2.93. The van der Waals surface area contributed by atoms with Gasteiger partial charge in [0.2, 0.25) is 0 Å². The standard InChI is InChI=1S/C20H24.C18H22O/c1-14(2)17-6-10-19(11-7-17)16(5)20-12-8-18(9-13-20)15(3)4;1-13(2)15-5-9-17(10-6-15)19-18-11-7-16(8-12-18)14(3)4/h6-15H,5H2,1-4H3;5-14H,1-4H3. The van der Waals surface area contributed by atoms with Crippen molar-refractivity contribution < 1.29 is 4.74 Å². The highest BCUT2D eigenvalue weighted by Crippen LogP contribution is 2.27. The maximum atomic E-state index is 5.85. The van der Waals surface area contributed by atoms with E-state index in [0.29, 0.717) is 23.7 Å². The third-order valence-corrected chi connectivity index (χ3v) is 7.18. The van der Waals surface area contributed by atoms with Gasteiger partial charge < -0.3 is 4.74 Å². The van der Waals surface area contributed by atoms with Crippen LogP contribution in [0.25, 0.3) is 5.57 Å². The van der Waals surface area contributed by atoms with Gasteiger partial charge in [0.05, 0.1) is 0 Å². The van der Waals surface area contributed by atoms with Crippen LogP contribution in [0.2, 0.25) is 0 Å². The molecule has 0 atom stereocenters. The normalized spacial score (nSPS) is 11.1. The van der Waals surface area contributed by atoms with E-state index in [4.69, 9.17) is 4.74 Å². The lowest BCUT2D eigenvalue weighted by Gasteiger charge is -2.11. The Bertz CT molecular complexity index is 1180. The molecule has 0 fully saturated rings. The monoisotopic (exact) mass is 518 g/mol. The van der Waals surface area contributed by atoms with Gasteiger partial charge in [0.15, 0.2) is 0 Å². The van der Waals surface area contributed by atoms with Crippen LogP contribution in [-0.2, 0) is 0 Å². The third-order valence-electron chi connectivity index (χ3n) is 7.18. The van der Waals surface area contributed by atoms with Crippen LogP contribution in [0, 0.1) is 0 Å². The van der Waals surface area contributed by atoms with E-state index in [1.54, 1.807) is 0 Å². The van der Waals surface area contributed by atoms with E-state index in [1.807, 2.05) is 24.3 Å². The average molecular weight is 519 g/mol. The molecule has 0 spiro atoms. The second-order valence-corrected chi connectivity index (χ2v) is 11.6. The van der Waals surface area contributed by atoms with Crippen LogP contribution in [0.4, 0.5) is 0 Å². The summed E-state index contributed by atoms with van der Waals surface area (Å²) in [6, 6.07) is 34.2. The van der Waals surface area contributed by atoms with E-state index in [-0.39, 0.29) is 0 Å². The first kappa shape index (κ1) is 30.0. The highest BCUT2D eigenvalue weighted by molar-refractivity contribution is 5.78. The fourth-order valence-corrected chi connectivity index (χ4v) is 4.28. The quantitative estimate of drug-likeness (QED) is 0.225. The van der Waals surface area contributed by atoms with Crippen LogP contribution >= 0.6 is 0 Å². The van der Waals surface area contributed by atoms with E-state index in [2.05, 4.69) is 135 Å². The first-order chi connectivity index (χ1) is 18.5. The molecule has 0 bridgehead atoms. The Hall–Kier alpha value is -3.58. The predicted octanol–water partition coefficient (Wildman–Crippen LogP) is 11.7. The molecule has 0 aromatic heterocycles. The lowest BCUT2D eigenvalue weighted by molar-refractivity contribution is 0.482. The summed E-state index contributed by atoms with van der Waals surface area (Å²) in [7, 11) is 0. The highest BCUT2D eigenvalue weighted by Gasteiger charge is 2.06. The van der Waals surface area contributed by atoms with Crippen molar-refractivity contribution in [1.82, 2.24) is 0 Å². The fourth-order valence-electron chi connectivity index (χ4n) is 4.28. The third kappa shape index (κ3) is 8.72. The molecule has 0 N–H and O–H groups in total. The molecule has 0 radical (unpaired) electrons. The van der Waals surface area contributed by atoms with Crippen molar-refractivity contribution >= 4 is 5.57 Å². The second kappa shape index (κ2) is 14.0. The van der Waals surface area contributed by atoms with Crippen molar-refractivity contribution in [3.63, 3.8) is 0 Å². The van der Waals surface area contributed by atoms with Gasteiger partial charge >= 0.3 is 0 Å². The number of hydrogen-bond acceptors (Lipinski definition) is 1. The molecular weight excluding hydrogens is 472 g/mol. The number of hydrogen-bond donors (Lipinski definition) is 0. The molecule has 4 rings (SSSR count). The number of benzene rings is 4. The van der Waals surface area contributed by atoms with Gasteiger partial charge in [-0.05, 0) is 86.9 Å². The summed E-state index contributed by atoms with van der Waals surface area (Å²) in [6.07, 6.45) is 0. The van der Waals surface area contributed by atoms with Gasteiger partial charge in [0.25, 0.3) is 0 Å². The van der Waals surface area contributed by atoms with Crippen molar-refractivity contribution in [2.45, 2.75) is 79.1 Å². The largest absolute Gasteiger partial charge is 0.457 e. The first-order valence-electron chi connectivity index (χ1n) is 14.3. The molecule has 0 aliphatic heterocycles.